The number of hydrogen-bond donors (Lipinski definition) is 0. The second-order valence-corrected chi connectivity index (χ2v) is 7.66. The van der Waals surface area contributed by atoms with Crippen molar-refractivity contribution >= 4 is 17.3 Å². The Morgan fingerprint density at radius 3 is 2.25 bits per heavy atom. The van der Waals surface area contributed by atoms with Gasteiger partial charge in [0.05, 0.1) is 6.42 Å². The molecular weight excluding hydrogens is 366 g/mol. The predicted molar refractivity (Wildman–Crippen MR) is 117 cm³/mol. The standard InChI is InChI=1S/C24H25NO2S/c1-3-5-6-8-23(26)27-21-15-13-19(14-16-21)18-9-11-20(12-10-18)24-25-17-22(28-24)7-4-2/h5-6,9-17H,3-4,7-8H2,1-2H3. The highest BCUT2D eigenvalue weighted by Crippen LogP contribution is 2.29. The molecule has 3 nitrogen and oxygen atoms in total. The molecule has 0 aliphatic heterocycles. The molecule has 4 heteroatoms. The number of carbonyl (C=O) groups is 1. The van der Waals surface area contributed by atoms with Crippen molar-refractivity contribution in [2.75, 3.05) is 0 Å². The highest BCUT2D eigenvalue weighted by Gasteiger charge is 2.06. The lowest BCUT2D eigenvalue weighted by atomic mass is 10.0. The summed E-state index contributed by atoms with van der Waals surface area (Å²) < 4.78 is 5.35. The second-order valence-electron chi connectivity index (χ2n) is 6.54. The van der Waals surface area contributed by atoms with E-state index in [0.717, 1.165) is 41.0 Å². The van der Waals surface area contributed by atoms with Gasteiger partial charge < -0.3 is 4.74 Å². The minimum Gasteiger partial charge on any atom is -0.426 e. The van der Waals surface area contributed by atoms with Crippen molar-refractivity contribution in [2.24, 2.45) is 0 Å². The lowest BCUT2D eigenvalue weighted by Crippen LogP contribution is -2.05. The van der Waals surface area contributed by atoms with Gasteiger partial charge in [0.25, 0.3) is 0 Å². The molecule has 1 heterocycles. The summed E-state index contributed by atoms with van der Waals surface area (Å²) in [7, 11) is 0. The number of aryl methyl sites for hydroxylation is 1. The number of nitrogens with zero attached hydrogens (tertiary/aromatic N) is 1. The van der Waals surface area contributed by atoms with Crippen LogP contribution in [0.4, 0.5) is 0 Å². The normalized spacial score (nSPS) is 11.1. The third kappa shape index (κ3) is 5.40. The van der Waals surface area contributed by atoms with Crippen molar-refractivity contribution in [3.05, 3.63) is 71.8 Å². The molecule has 0 bridgehead atoms. The zero-order chi connectivity index (χ0) is 19.8. The van der Waals surface area contributed by atoms with Gasteiger partial charge in [0.15, 0.2) is 0 Å². The van der Waals surface area contributed by atoms with Crippen LogP contribution in [0, 0.1) is 0 Å². The summed E-state index contributed by atoms with van der Waals surface area (Å²) in [5.41, 5.74) is 3.35. The molecule has 1 aromatic heterocycles. The molecule has 0 spiro atoms. The molecule has 0 fully saturated rings. The summed E-state index contributed by atoms with van der Waals surface area (Å²) in [6.45, 7) is 4.22. The molecule has 0 atom stereocenters. The molecular formula is C24H25NO2S. The van der Waals surface area contributed by atoms with E-state index in [-0.39, 0.29) is 5.97 Å². The summed E-state index contributed by atoms with van der Waals surface area (Å²) in [4.78, 5) is 17.6. The maximum atomic E-state index is 11.8. The number of rotatable bonds is 8. The molecule has 0 aliphatic carbocycles. The predicted octanol–water partition coefficient (Wildman–Crippen LogP) is 6.69. The molecule has 0 aliphatic rings. The smallest absolute Gasteiger partial charge is 0.315 e. The zero-order valence-electron chi connectivity index (χ0n) is 16.4. The van der Waals surface area contributed by atoms with Gasteiger partial charge in [-0.15, -0.1) is 11.3 Å². The Balaban J connectivity index is 1.65. The van der Waals surface area contributed by atoms with E-state index in [9.17, 15) is 4.79 Å². The van der Waals surface area contributed by atoms with Gasteiger partial charge in [-0.1, -0.05) is 68.8 Å². The summed E-state index contributed by atoms with van der Waals surface area (Å²) in [5, 5.41) is 1.06. The van der Waals surface area contributed by atoms with Crippen LogP contribution in [0.15, 0.2) is 66.9 Å². The van der Waals surface area contributed by atoms with Gasteiger partial charge in [0.1, 0.15) is 10.8 Å². The third-order valence-corrected chi connectivity index (χ3v) is 5.39. The van der Waals surface area contributed by atoms with E-state index < -0.39 is 0 Å². The van der Waals surface area contributed by atoms with Crippen LogP contribution in [0.1, 0.15) is 38.0 Å². The molecule has 0 amide bonds. The van der Waals surface area contributed by atoms with E-state index in [1.165, 1.54) is 4.88 Å². The van der Waals surface area contributed by atoms with E-state index in [4.69, 9.17) is 4.74 Å². The fraction of sp³-hybridized carbons (Fsp3) is 0.250. The molecule has 144 valence electrons. The minimum absolute atomic E-state index is 0.243. The first-order valence-electron chi connectivity index (χ1n) is 9.70. The number of carbonyl (C=O) groups excluding carboxylic acids is 1. The van der Waals surface area contributed by atoms with Crippen LogP contribution in [0.25, 0.3) is 21.7 Å². The van der Waals surface area contributed by atoms with E-state index in [1.54, 1.807) is 11.3 Å². The molecule has 0 unspecified atom stereocenters. The zero-order valence-corrected chi connectivity index (χ0v) is 17.2. The first kappa shape index (κ1) is 20.0. The van der Waals surface area contributed by atoms with Crippen molar-refractivity contribution in [2.45, 2.75) is 39.5 Å². The third-order valence-electron chi connectivity index (χ3n) is 4.29. The van der Waals surface area contributed by atoms with Crippen molar-refractivity contribution in [1.82, 2.24) is 4.98 Å². The number of ether oxygens (including phenoxy) is 1. The first-order valence-corrected chi connectivity index (χ1v) is 10.5. The summed E-state index contributed by atoms with van der Waals surface area (Å²) >= 11 is 1.76. The number of thiazole rings is 1. The molecule has 2 aromatic carbocycles. The van der Waals surface area contributed by atoms with E-state index in [0.29, 0.717) is 12.2 Å². The van der Waals surface area contributed by atoms with Crippen LogP contribution in [0.5, 0.6) is 5.75 Å². The Labute approximate surface area is 170 Å². The SMILES string of the molecule is CCC=CCC(=O)Oc1ccc(-c2ccc(-c3ncc(CCC)s3)cc2)cc1. The maximum absolute atomic E-state index is 11.8. The molecule has 0 saturated heterocycles. The molecule has 28 heavy (non-hydrogen) atoms. The van der Waals surface area contributed by atoms with Crippen LogP contribution in [0.3, 0.4) is 0 Å². The van der Waals surface area contributed by atoms with Crippen molar-refractivity contribution in [1.29, 1.82) is 0 Å². The average Bonchev–Trinajstić information content (AvgIpc) is 3.18. The van der Waals surface area contributed by atoms with Gasteiger partial charge in [0, 0.05) is 16.6 Å². The lowest BCUT2D eigenvalue weighted by Gasteiger charge is -2.06. The van der Waals surface area contributed by atoms with Crippen LogP contribution in [-0.2, 0) is 11.2 Å². The van der Waals surface area contributed by atoms with Crippen LogP contribution >= 0.6 is 11.3 Å². The average molecular weight is 392 g/mol. The van der Waals surface area contributed by atoms with E-state index >= 15 is 0 Å². The highest BCUT2D eigenvalue weighted by molar-refractivity contribution is 7.15. The van der Waals surface area contributed by atoms with Gasteiger partial charge in [-0.05, 0) is 36.1 Å². The molecule has 3 aromatic rings. The summed E-state index contributed by atoms with van der Waals surface area (Å²) in [6, 6.07) is 16.0. The maximum Gasteiger partial charge on any atom is 0.315 e. The van der Waals surface area contributed by atoms with Crippen LogP contribution in [0.2, 0.25) is 0 Å². The second kappa shape index (κ2) is 10.00. The quantitative estimate of drug-likeness (QED) is 0.244. The molecule has 0 N–H and O–H groups in total. The lowest BCUT2D eigenvalue weighted by molar-refractivity contribution is -0.133. The number of benzene rings is 2. The number of aromatic nitrogens is 1. The molecule has 3 rings (SSSR count). The largest absolute Gasteiger partial charge is 0.426 e. The molecule has 0 radical (unpaired) electrons. The van der Waals surface area contributed by atoms with Gasteiger partial charge >= 0.3 is 5.97 Å². The number of allylic oxidation sites excluding steroid dienone is 1. The first-order chi connectivity index (χ1) is 13.7. The fourth-order valence-corrected chi connectivity index (χ4v) is 3.86. The van der Waals surface area contributed by atoms with Crippen molar-refractivity contribution in [3.63, 3.8) is 0 Å². The van der Waals surface area contributed by atoms with Gasteiger partial charge in [0.2, 0.25) is 0 Å². The number of hydrogen-bond acceptors (Lipinski definition) is 4. The Morgan fingerprint density at radius 2 is 1.61 bits per heavy atom. The monoisotopic (exact) mass is 391 g/mol. The Bertz CT molecular complexity index is 924. The van der Waals surface area contributed by atoms with E-state index in [1.807, 2.05) is 49.5 Å². The van der Waals surface area contributed by atoms with Gasteiger partial charge in [-0.25, -0.2) is 4.98 Å². The van der Waals surface area contributed by atoms with Crippen molar-refractivity contribution < 1.29 is 9.53 Å². The van der Waals surface area contributed by atoms with Crippen LogP contribution < -0.4 is 4.74 Å². The molecule has 0 saturated carbocycles. The fourth-order valence-electron chi connectivity index (χ4n) is 2.84. The van der Waals surface area contributed by atoms with Gasteiger partial charge in [-0.3, -0.25) is 4.79 Å². The van der Waals surface area contributed by atoms with Crippen molar-refractivity contribution in [3.8, 4) is 27.4 Å². The summed E-state index contributed by atoms with van der Waals surface area (Å²) in [6.07, 6.45) is 9.23. The Kier molecular flexibility index (Phi) is 7.15. The van der Waals surface area contributed by atoms with Crippen LogP contribution in [-0.4, -0.2) is 11.0 Å². The van der Waals surface area contributed by atoms with E-state index in [2.05, 4.69) is 36.2 Å². The Morgan fingerprint density at radius 1 is 0.964 bits per heavy atom. The topological polar surface area (TPSA) is 39.2 Å². The van der Waals surface area contributed by atoms with Gasteiger partial charge in [-0.2, -0.15) is 0 Å². The summed E-state index contributed by atoms with van der Waals surface area (Å²) in [5.74, 6) is 0.328. The Hall–Kier alpha value is -2.72. The highest BCUT2D eigenvalue weighted by atomic mass is 32.1. The number of esters is 1. The minimum atomic E-state index is -0.243.